The molecule has 1 atom stereocenters. The van der Waals surface area contributed by atoms with Gasteiger partial charge in [0.05, 0.1) is 32.4 Å². The molecule has 0 spiro atoms. The number of carbonyl (C=O) groups is 2. The lowest BCUT2D eigenvalue weighted by molar-refractivity contribution is -0.109. The number of aromatic nitrogens is 1. The van der Waals surface area contributed by atoms with E-state index in [0.29, 0.717) is 31.6 Å². The maximum Gasteiger partial charge on any atom is 0.219 e. The first-order valence-electron chi connectivity index (χ1n) is 13.0. The zero-order valence-electron chi connectivity index (χ0n) is 23.5. The number of halogens is 2. The normalized spacial score (nSPS) is 14.6. The Bertz CT molecular complexity index is 1560. The Kier molecular flexibility index (Phi) is 11.0. The number of rotatable bonds is 13. The summed E-state index contributed by atoms with van der Waals surface area (Å²) in [6.45, 7) is 6.29. The number of sulfone groups is 1. The molecule has 42 heavy (non-hydrogen) atoms. The minimum absolute atomic E-state index is 0.00125. The van der Waals surface area contributed by atoms with Gasteiger partial charge in [-0.3, -0.25) is 19.5 Å². The molecule has 0 radical (unpaired) electrons. The third-order valence-electron chi connectivity index (χ3n) is 6.61. The summed E-state index contributed by atoms with van der Waals surface area (Å²) in [6, 6.07) is 7.02. The van der Waals surface area contributed by atoms with Gasteiger partial charge >= 0.3 is 0 Å². The number of nitrogens with one attached hydrogen (secondary N) is 1. The fourth-order valence-corrected chi connectivity index (χ4v) is 5.76. The number of allylic oxidation sites excluding steroid dienone is 4. The van der Waals surface area contributed by atoms with E-state index in [9.17, 15) is 23.1 Å². The molecule has 0 saturated carbocycles. The van der Waals surface area contributed by atoms with E-state index in [-0.39, 0.29) is 69.4 Å². The van der Waals surface area contributed by atoms with Gasteiger partial charge in [-0.2, -0.15) is 0 Å². The van der Waals surface area contributed by atoms with Crippen LogP contribution in [-0.2, 0) is 19.4 Å². The summed E-state index contributed by atoms with van der Waals surface area (Å²) in [5.41, 5.74) is -0.125. The number of amidine groups is 1. The van der Waals surface area contributed by atoms with Crippen LogP contribution in [0.1, 0.15) is 37.4 Å². The smallest absolute Gasteiger partial charge is 0.219 e. The van der Waals surface area contributed by atoms with Gasteiger partial charge in [-0.25, -0.2) is 17.8 Å². The van der Waals surface area contributed by atoms with E-state index in [1.807, 2.05) is 11.8 Å². The van der Waals surface area contributed by atoms with Gasteiger partial charge in [0.1, 0.15) is 17.4 Å². The first-order valence-corrected chi connectivity index (χ1v) is 15.3. The number of anilines is 2. The molecule has 1 aliphatic rings. The van der Waals surface area contributed by atoms with Crippen LogP contribution in [0.3, 0.4) is 0 Å². The van der Waals surface area contributed by atoms with Gasteiger partial charge in [-0.05, 0) is 44.0 Å². The van der Waals surface area contributed by atoms with Gasteiger partial charge < -0.3 is 15.3 Å². The topological polar surface area (TPSA) is 132 Å². The molecule has 1 aliphatic carbocycles. The summed E-state index contributed by atoms with van der Waals surface area (Å²) >= 11 is 6.68. The Labute approximate surface area is 249 Å². The van der Waals surface area contributed by atoms with Crippen LogP contribution in [-0.4, -0.2) is 74.5 Å². The van der Waals surface area contributed by atoms with Crippen LogP contribution in [0.5, 0.6) is 0 Å². The monoisotopic (exact) mass is 617 g/mol. The summed E-state index contributed by atoms with van der Waals surface area (Å²) in [5, 5.41) is 13.2. The number of hydrogen-bond donors (Lipinski definition) is 2. The highest BCUT2D eigenvalue weighted by Crippen LogP contribution is 2.40. The molecule has 2 aromatic rings. The van der Waals surface area contributed by atoms with E-state index in [4.69, 9.17) is 11.6 Å². The van der Waals surface area contributed by atoms with Crippen molar-refractivity contribution >= 4 is 57.2 Å². The first kappa shape index (κ1) is 32.5. The standard InChI is InChI=1S/C29H33ClFN5O5S/c1-5-6-14-35(19(2)16-33-17-37)28(32-3)20-15-21(30)27(26-22(31)10-9-12-24(26)39)34-29(20)36(18-38)23-11-7-8-13-25(23)42(4,40)41/h5,7-8,10-11,13,15,17-19,39H,1,6,9,12,14,16H2,2-4H3,(H,33,37). The number of aliphatic imine (C=N–C) groups is 1. The molecule has 0 saturated heterocycles. The van der Waals surface area contributed by atoms with E-state index in [2.05, 4.69) is 21.9 Å². The summed E-state index contributed by atoms with van der Waals surface area (Å²) in [7, 11) is -2.29. The van der Waals surface area contributed by atoms with Crippen LogP contribution >= 0.6 is 11.6 Å². The molecule has 0 aliphatic heterocycles. The minimum Gasteiger partial charge on any atom is -0.511 e. The van der Waals surface area contributed by atoms with Gasteiger partial charge in [0.15, 0.2) is 15.7 Å². The molecule has 10 nitrogen and oxygen atoms in total. The van der Waals surface area contributed by atoms with Crippen LogP contribution in [0.15, 0.2) is 70.5 Å². The average Bonchev–Trinajstić information content (AvgIpc) is 2.95. The second-order valence-electron chi connectivity index (χ2n) is 9.51. The Morgan fingerprint density at radius 2 is 2.05 bits per heavy atom. The number of carbonyl (C=O) groups excluding carboxylic acids is 2. The molecule has 0 fully saturated rings. The quantitative estimate of drug-likeness (QED) is 0.144. The van der Waals surface area contributed by atoms with Crippen LogP contribution in [0.25, 0.3) is 5.57 Å². The van der Waals surface area contributed by atoms with Crippen LogP contribution in [0.2, 0.25) is 5.02 Å². The largest absolute Gasteiger partial charge is 0.511 e. The lowest BCUT2D eigenvalue weighted by Crippen LogP contribution is -2.45. The fraction of sp³-hybridized carbons (Fsp3) is 0.310. The van der Waals surface area contributed by atoms with Crippen LogP contribution in [0.4, 0.5) is 15.9 Å². The second kappa shape index (κ2) is 14.2. The Balaban J connectivity index is 2.40. The Hall–Kier alpha value is -4.03. The number of pyridine rings is 1. The van der Waals surface area contributed by atoms with E-state index >= 15 is 4.39 Å². The molecule has 13 heteroatoms. The molecule has 2 N–H and O–H groups in total. The molecule has 3 rings (SSSR count). The summed E-state index contributed by atoms with van der Waals surface area (Å²) in [5.74, 6) is -0.775. The maximum absolute atomic E-state index is 15.0. The van der Waals surface area contributed by atoms with Crippen molar-refractivity contribution in [2.24, 2.45) is 4.99 Å². The number of hydrogen-bond acceptors (Lipinski definition) is 7. The van der Waals surface area contributed by atoms with Crippen molar-refractivity contribution in [1.82, 2.24) is 15.2 Å². The minimum atomic E-state index is -3.81. The van der Waals surface area contributed by atoms with E-state index in [1.165, 1.54) is 37.4 Å². The number of amides is 2. The van der Waals surface area contributed by atoms with Gasteiger partial charge in [0.2, 0.25) is 12.8 Å². The fourth-order valence-electron chi connectivity index (χ4n) is 4.64. The van der Waals surface area contributed by atoms with E-state index in [1.54, 1.807) is 12.1 Å². The van der Waals surface area contributed by atoms with Crippen molar-refractivity contribution in [3.8, 4) is 0 Å². The van der Waals surface area contributed by atoms with Crippen LogP contribution < -0.4 is 10.2 Å². The third kappa shape index (κ3) is 7.05. The molecule has 0 bridgehead atoms. The third-order valence-corrected chi connectivity index (χ3v) is 8.04. The molecule has 224 valence electrons. The predicted octanol–water partition coefficient (Wildman–Crippen LogP) is 4.74. The first-order chi connectivity index (χ1) is 20.0. The summed E-state index contributed by atoms with van der Waals surface area (Å²) in [6.07, 6.45) is 5.97. The zero-order chi connectivity index (χ0) is 31.0. The van der Waals surface area contributed by atoms with Gasteiger partial charge in [-0.15, -0.1) is 6.58 Å². The Morgan fingerprint density at radius 3 is 2.64 bits per heavy atom. The summed E-state index contributed by atoms with van der Waals surface area (Å²) in [4.78, 5) is 35.6. The van der Waals surface area contributed by atoms with Gasteiger partial charge in [0.25, 0.3) is 0 Å². The molecule has 1 heterocycles. The van der Waals surface area contributed by atoms with Crippen molar-refractivity contribution in [2.75, 3.05) is 31.3 Å². The van der Waals surface area contributed by atoms with Crippen LogP contribution in [0, 0.1) is 0 Å². The van der Waals surface area contributed by atoms with Crippen molar-refractivity contribution in [1.29, 1.82) is 0 Å². The molecule has 2 amide bonds. The molecule has 1 aromatic carbocycles. The number of aliphatic hydroxyl groups is 1. The highest BCUT2D eigenvalue weighted by Gasteiger charge is 2.31. The predicted molar refractivity (Wildman–Crippen MR) is 162 cm³/mol. The molecule has 1 unspecified atom stereocenters. The molecular weight excluding hydrogens is 585 g/mol. The number of benzene rings is 1. The maximum atomic E-state index is 15.0. The summed E-state index contributed by atoms with van der Waals surface area (Å²) < 4.78 is 40.4. The SMILES string of the molecule is C=CCCN(C(=NC)c1cc(Cl)c(C2=C(O)CCC=C2F)nc1N(C=O)c1ccccc1S(C)(=O)=O)C(C)CNC=O. The van der Waals surface area contributed by atoms with Gasteiger partial charge in [-0.1, -0.05) is 29.8 Å². The zero-order valence-corrected chi connectivity index (χ0v) is 25.1. The molecular formula is C29H33ClFN5O5S. The lowest BCUT2D eigenvalue weighted by Gasteiger charge is -2.33. The number of para-hydroxylation sites is 1. The molecule has 1 aromatic heterocycles. The van der Waals surface area contributed by atoms with Crippen molar-refractivity contribution in [2.45, 2.75) is 37.1 Å². The van der Waals surface area contributed by atoms with Crippen molar-refractivity contribution in [3.63, 3.8) is 0 Å². The number of nitrogens with zero attached hydrogens (tertiary/aromatic N) is 4. The second-order valence-corrected chi connectivity index (χ2v) is 11.9. The van der Waals surface area contributed by atoms with Gasteiger partial charge in [0, 0.05) is 38.9 Å². The Morgan fingerprint density at radius 1 is 1.33 bits per heavy atom. The van der Waals surface area contributed by atoms with E-state index < -0.39 is 15.7 Å². The number of aliphatic hydroxyl groups excluding tert-OH is 1. The van der Waals surface area contributed by atoms with Crippen molar-refractivity contribution in [3.05, 3.63) is 76.9 Å². The van der Waals surface area contributed by atoms with Crippen molar-refractivity contribution < 1.29 is 27.5 Å². The highest BCUT2D eigenvalue weighted by molar-refractivity contribution is 7.90. The lowest BCUT2D eigenvalue weighted by atomic mass is 9.99. The van der Waals surface area contributed by atoms with E-state index in [0.717, 1.165) is 11.2 Å². The average molecular weight is 618 g/mol. The highest BCUT2D eigenvalue weighted by atomic mass is 35.5.